The summed E-state index contributed by atoms with van der Waals surface area (Å²) in [7, 11) is 1.27. The maximum atomic E-state index is 11.7. The molecule has 90 valence electrons. The van der Waals surface area contributed by atoms with Gasteiger partial charge in [-0.1, -0.05) is 15.9 Å². The second-order valence-electron chi connectivity index (χ2n) is 4.23. The quantitative estimate of drug-likeness (QED) is 0.328. The van der Waals surface area contributed by atoms with Gasteiger partial charge in [-0.05, 0) is 13.8 Å². The summed E-state index contributed by atoms with van der Waals surface area (Å²) >= 11 is 4.90. The summed E-state index contributed by atoms with van der Waals surface area (Å²) in [5.41, 5.74) is 0. The molecule has 0 aliphatic carbocycles. The smallest absolute Gasteiger partial charge is 0.313 e. The van der Waals surface area contributed by atoms with E-state index in [4.69, 9.17) is 0 Å². The zero-order chi connectivity index (χ0) is 12.1. The maximum absolute atomic E-state index is 11.7. The summed E-state index contributed by atoms with van der Waals surface area (Å²) < 4.78 is -0.363. The molecule has 0 aromatic carbocycles. The molecular formula is C9H12BrNO4S. The second-order valence-corrected chi connectivity index (χ2v) is 6.99. The highest BCUT2D eigenvalue weighted by Gasteiger charge is 2.63. The number of rotatable bonds is 2. The van der Waals surface area contributed by atoms with Gasteiger partial charge >= 0.3 is 5.97 Å². The van der Waals surface area contributed by atoms with Gasteiger partial charge < -0.3 is 4.90 Å². The Bertz CT molecular complexity index is 348. The van der Waals surface area contributed by atoms with Crippen molar-refractivity contribution < 1.29 is 19.4 Å². The van der Waals surface area contributed by atoms with Crippen LogP contribution in [0.3, 0.4) is 0 Å². The van der Waals surface area contributed by atoms with Crippen molar-refractivity contribution in [1.82, 2.24) is 4.90 Å². The number of fused-ring (bicyclic) bond motifs is 1. The van der Waals surface area contributed by atoms with Crippen molar-refractivity contribution in [2.24, 2.45) is 0 Å². The zero-order valence-corrected chi connectivity index (χ0v) is 11.5. The monoisotopic (exact) mass is 309 g/mol. The summed E-state index contributed by atoms with van der Waals surface area (Å²) in [4.78, 5) is 33.7. The van der Waals surface area contributed by atoms with Crippen LogP contribution in [0, 0.1) is 0 Å². The lowest BCUT2D eigenvalue weighted by Crippen LogP contribution is -2.63. The number of thioether (sulfide) groups is 1. The fraction of sp³-hybridized carbons (Fsp3) is 0.778. The largest absolute Gasteiger partial charge is 0.366 e. The first-order chi connectivity index (χ1) is 7.40. The van der Waals surface area contributed by atoms with Crippen molar-refractivity contribution in [2.75, 3.05) is 7.11 Å². The van der Waals surface area contributed by atoms with Crippen molar-refractivity contribution in [3.63, 3.8) is 0 Å². The van der Waals surface area contributed by atoms with E-state index >= 15 is 0 Å². The molecule has 0 bridgehead atoms. The van der Waals surface area contributed by atoms with E-state index in [-0.39, 0.29) is 20.9 Å². The van der Waals surface area contributed by atoms with Crippen LogP contribution >= 0.6 is 27.7 Å². The molecule has 2 heterocycles. The molecule has 0 saturated carbocycles. The van der Waals surface area contributed by atoms with Gasteiger partial charge in [-0.3, -0.25) is 9.68 Å². The Morgan fingerprint density at radius 2 is 2.19 bits per heavy atom. The molecule has 0 unspecified atom stereocenters. The fourth-order valence-corrected chi connectivity index (χ4v) is 4.43. The summed E-state index contributed by atoms with van der Waals surface area (Å²) in [5.74, 6) is -0.587. The molecule has 2 aliphatic rings. The van der Waals surface area contributed by atoms with E-state index < -0.39 is 12.0 Å². The average molecular weight is 310 g/mol. The minimum atomic E-state index is -0.580. The van der Waals surface area contributed by atoms with E-state index in [9.17, 15) is 9.59 Å². The lowest BCUT2D eigenvalue weighted by Gasteiger charge is -2.40. The van der Waals surface area contributed by atoms with E-state index in [0.29, 0.717) is 0 Å². The van der Waals surface area contributed by atoms with Gasteiger partial charge in [0.15, 0.2) is 0 Å². The minimum absolute atomic E-state index is 0.0110. The van der Waals surface area contributed by atoms with E-state index in [2.05, 4.69) is 25.7 Å². The van der Waals surface area contributed by atoms with Crippen LogP contribution in [0.15, 0.2) is 0 Å². The summed E-state index contributed by atoms with van der Waals surface area (Å²) in [6, 6.07) is -0.580. The molecule has 5 nitrogen and oxygen atoms in total. The Balaban J connectivity index is 2.22. The molecule has 2 saturated heterocycles. The molecule has 16 heavy (non-hydrogen) atoms. The lowest BCUT2D eigenvalue weighted by molar-refractivity contribution is -0.260. The SMILES string of the molecule is COOC(=O)[C@@H]1N2C(=O)[C@@H](Br)[C@H]2SC1(C)C. The first-order valence-electron chi connectivity index (χ1n) is 4.78. The van der Waals surface area contributed by atoms with Crippen molar-refractivity contribution in [1.29, 1.82) is 0 Å². The van der Waals surface area contributed by atoms with Gasteiger partial charge in [0.2, 0.25) is 5.91 Å². The van der Waals surface area contributed by atoms with Crippen LogP contribution in [0.2, 0.25) is 0 Å². The molecule has 0 radical (unpaired) electrons. The average Bonchev–Trinajstić information content (AvgIpc) is 2.47. The molecule has 7 heteroatoms. The Labute approximate surface area is 106 Å². The van der Waals surface area contributed by atoms with Crippen LogP contribution in [0.5, 0.6) is 0 Å². The first-order valence-corrected chi connectivity index (χ1v) is 6.58. The van der Waals surface area contributed by atoms with Gasteiger partial charge in [0, 0.05) is 4.75 Å². The number of carbonyl (C=O) groups excluding carboxylic acids is 2. The highest BCUT2D eigenvalue weighted by molar-refractivity contribution is 9.10. The lowest BCUT2D eigenvalue weighted by atomic mass is 9.98. The molecule has 0 spiro atoms. The summed E-state index contributed by atoms with van der Waals surface area (Å²) in [6.07, 6.45) is 0. The van der Waals surface area contributed by atoms with Crippen LogP contribution in [-0.2, 0) is 19.4 Å². The number of nitrogens with zero attached hydrogens (tertiary/aromatic N) is 1. The van der Waals surface area contributed by atoms with Gasteiger partial charge in [0.1, 0.15) is 16.2 Å². The van der Waals surface area contributed by atoms with Crippen molar-refractivity contribution >= 4 is 39.6 Å². The van der Waals surface area contributed by atoms with Gasteiger partial charge in [-0.25, -0.2) is 4.79 Å². The Morgan fingerprint density at radius 1 is 1.56 bits per heavy atom. The zero-order valence-electron chi connectivity index (χ0n) is 9.10. The number of amides is 1. The summed E-state index contributed by atoms with van der Waals surface area (Å²) in [6.45, 7) is 3.84. The number of hydrogen-bond donors (Lipinski definition) is 0. The molecule has 2 aliphatic heterocycles. The number of β-lactam (4-membered cyclic amide) rings is 1. The van der Waals surface area contributed by atoms with Crippen LogP contribution < -0.4 is 0 Å². The molecule has 2 rings (SSSR count). The molecule has 0 N–H and O–H groups in total. The Morgan fingerprint density at radius 3 is 2.75 bits per heavy atom. The third-order valence-electron chi connectivity index (χ3n) is 2.76. The van der Waals surface area contributed by atoms with Crippen molar-refractivity contribution in [2.45, 2.75) is 34.8 Å². The topological polar surface area (TPSA) is 55.8 Å². The fourth-order valence-electron chi connectivity index (χ4n) is 2.08. The van der Waals surface area contributed by atoms with Gasteiger partial charge in [-0.15, -0.1) is 11.8 Å². The molecule has 2 fully saturated rings. The normalized spacial score (nSPS) is 35.6. The molecule has 1 amide bonds. The Kier molecular flexibility index (Phi) is 2.96. The van der Waals surface area contributed by atoms with Gasteiger partial charge in [0.25, 0.3) is 0 Å². The van der Waals surface area contributed by atoms with Crippen molar-refractivity contribution in [3.8, 4) is 0 Å². The van der Waals surface area contributed by atoms with Crippen LogP contribution in [0.4, 0.5) is 0 Å². The number of alkyl halides is 1. The number of halogens is 1. The summed E-state index contributed by atoms with van der Waals surface area (Å²) in [5, 5.41) is 0.0110. The minimum Gasteiger partial charge on any atom is -0.313 e. The van der Waals surface area contributed by atoms with Gasteiger partial charge in [-0.2, -0.15) is 4.89 Å². The second kappa shape index (κ2) is 3.89. The van der Waals surface area contributed by atoms with Gasteiger partial charge in [0.05, 0.1) is 7.11 Å². The Hall–Kier alpha value is -0.270. The highest BCUT2D eigenvalue weighted by Crippen LogP contribution is 2.52. The molecule has 0 aromatic heterocycles. The van der Waals surface area contributed by atoms with E-state index in [1.54, 1.807) is 16.7 Å². The maximum Gasteiger partial charge on any atom is 0.366 e. The molecule has 0 aromatic rings. The molecular weight excluding hydrogens is 298 g/mol. The van der Waals surface area contributed by atoms with E-state index in [0.717, 1.165) is 0 Å². The predicted octanol–water partition coefficient (Wildman–Crippen LogP) is 0.917. The third kappa shape index (κ3) is 1.56. The number of hydrogen-bond acceptors (Lipinski definition) is 5. The highest BCUT2D eigenvalue weighted by atomic mass is 79.9. The standard InChI is InChI=1S/C9H12BrNO4S/c1-9(2)5(8(13)15-14-3)11-6(12)4(10)7(11)16-9/h4-5,7H,1-3H3/t4-,5+,7-/m1/s1. The van der Waals surface area contributed by atoms with E-state index in [1.165, 1.54) is 7.11 Å². The van der Waals surface area contributed by atoms with E-state index in [1.807, 2.05) is 13.8 Å². The number of carbonyl (C=O) groups is 2. The van der Waals surface area contributed by atoms with Crippen molar-refractivity contribution in [3.05, 3.63) is 0 Å². The first kappa shape index (κ1) is 12.2. The van der Waals surface area contributed by atoms with Crippen LogP contribution in [0.25, 0.3) is 0 Å². The predicted molar refractivity (Wildman–Crippen MR) is 61.9 cm³/mol. The van der Waals surface area contributed by atoms with Crippen LogP contribution in [0.1, 0.15) is 13.8 Å². The molecule has 3 atom stereocenters. The van der Waals surface area contributed by atoms with Crippen LogP contribution in [-0.4, -0.2) is 44.9 Å². The third-order valence-corrected chi connectivity index (χ3v) is 5.58.